The molecule has 8 heteroatoms. The van der Waals surface area contributed by atoms with Gasteiger partial charge >= 0.3 is 7.82 Å². The van der Waals surface area contributed by atoms with Gasteiger partial charge in [0, 0.05) is 6.42 Å². The lowest BCUT2D eigenvalue weighted by atomic mass is 10.0. The lowest BCUT2D eigenvalue weighted by Crippen LogP contribution is -2.35. The second-order valence-corrected chi connectivity index (χ2v) is 7.30. The molecule has 0 heterocycles. The summed E-state index contributed by atoms with van der Waals surface area (Å²) >= 11 is 0. The molecule has 1 aromatic carbocycles. The highest BCUT2D eigenvalue weighted by Crippen LogP contribution is 2.40. The number of phosphoric ester groups is 1. The number of hydrogen-bond acceptors (Lipinski definition) is 4. The molecular formula is C17H28NO6P. The van der Waals surface area contributed by atoms with Crippen LogP contribution in [0.2, 0.25) is 0 Å². The standard InChI is InChI=1S/C17H28NO6P/c1-3-4-5-6-7-11-16(20)18-17(13(2)24-25(21,22)23)14-9-8-10-15(19)12-14/h8-10,12-13,17,19H,3-7,11H2,1-2H3,(H,18,20)(H2,21,22,23)/t13-,17+/m1/s1. The zero-order valence-corrected chi connectivity index (χ0v) is 15.6. The second kappa shape index (κ2) is 10.6. The van der Waals surface area contributed by atoms with Gasteiger partial charge in [-0.05, 0) is 31.0 Å². The summed E-state index contributed by atoms with van der Waals surface area (Å²) in [5.41, 5.74) is 0.514. The van der Waals surface area contributed by atoms with Crippen molar-refractivity contribution < 1.29 is 28.8 Å². The number of carbonyl (C=O) groups is 1. The highest BCUT2D eigenvalue weighted by Gasteiger charge is 2.28. The number of amides is 1. The molecule has 0 radical (unpaired) electrons. The van der Waals surface area contributed by atoms with Crippen LogP contribution in [0.15, 0.2) is 24.3 Å². The monoisotopic (exact) mass is 373 g/mol. The van der Waals surface area contributed by atoms with Crippen LogP contribution in [0.5, 0.6) is 5.75 Å². The van der Waals surface area contributed by atoms with E-state index in [0.29, 0.717) is 12.0 Å². The van der Waals surface area contributed by atoms with Gasteiger partial charge in [-0.3, -0.25) is 9.32 Å². The van der Waals surface area contributed by atoms with Crippen molar-refractivity contribution in [1.29, 1.82) is 0 Å². The summed E-state index contributed by atoms with van der Waals surface area (Å²) in [5.74, 6) is -0.217. The minimum atomic E-state index is -4.70. The molecule has 0 saturated carbocycles. The van der Waals surface area contributed by atoms with Crippen molar-refractivity contribution in [2.75, 3.05) is 0 Å². The average molecular weight is 373 g/mol. The fourth-order valence-corrected chi connectivity index (χ4v) is 3.16. The van der Waals surface area contributed by atoms with Crippen LogP contribution in [0.4, 0.5) is 0 Å². The molecule has 0 fully saturated rings. The van der Waals surface area contributed by atoms with E-state index in [9.17, 15) is 14.5 Å². The third-order valence-corrected chi connectivity index (χ3v) is 4.43. The van der Waals surface area contributed by atoms with E-state index in [0.717, 1.165) is 32.1 Å². The number of phosphoric acid groups is 1. The lowest BCUT2D eigenvalue weighted by Gasteiger charge is -2.26. The van der Waals surface area contributed by atoms with E-state index in [4.69, 9.17) is 14.3 Å². The maximum atomic E-state index is 12.2. The van der Waals surface area contributed by atoms with Crippen molar-refractivity contribution >= 4 is 13.7 Å². The molecule has 142 valence electrons. The number of nitrogens with one attached hydrogen (secondary N) is 1. The van der Waals surface area contributed by atoms with Crippen LogP contribution < -0.4 is 5.32 Å². The summed E-state index contributed by atoms with van der Waals surface area (Å²) in [6.45, 7) is 3.59. The Hall–Kier alpha value is -1.40. The molecule has 0 bridgehead atoms. The largest absolute Gasteiger partial charge is 0.508 e. The molecule has 0 unspecified atom stereocenters. The minimum Gasteiger partial charge on any atom is -0.508 e. The molecule has 0 aliphatic rings. The number of hydrogen-bond donors (Lipinski definition) is 4. The van der Waals surface area contributed by atoms with E-state index in [1.54, 1.807) is 12.1 Å². The van der Waals surface area contributed by atoms with Gasteiger partial charge in [0.2, 0.25) is 5.91 Å². The zero-order chi connectivity index (χ0) is 18.9. The van der Waals surface area contributed by atoms with Gasteiger partial charge in [0.1, 0.15) is 5.75 Å². The maximum Gasteiger partial charge on any atom is 0.469 e. The van der Waals surface area contributed by atoms with Gasteiger partial charge in [0.25, 0.3) is 0 Å². The normalized spacial score (nSPS) is 14.1. The SMILES string of the molecule is CCCCCCCC(=O)N[C@H](c1cccc(O)c1)[C@@H](C)OP(=O)(O)O. The molecule has 0 spiro atoms. The number of rotatable bonds is 11. The van der Waals surface area contributed by atoms with Crippen molar-refractivity contribution in [2.45, 2.75) is 64.5 Å². The second-order valence-electron chi connectivity index (χ2n) is 6.11. The zero-order valence-electron chi connectivity index (χ0n) is 14.7. The highest BCUT2D eigenvalue weighted by molar-refractivity contribution is 7.46. The number of aromatic hydroxyl groups is 1. The number of carbonyl (C=O) groups excluding carboxylic acids is 1. The molecule has 0 aliphatic heterocycles. The smallest absolute Gasteiger partial charge is 0.469 e. The van der Waals surface area contributed by atoms with Crippen molar-refractivity contribution in [3.05, 3.63) is 29.8 Å². The molecule has 1 rings (SSSR count). The van der Waals surface area contributed by atoms with Crippen LogP contribution >= 0.6 is 7.82 Å². The van der Waals surface area contributed by atoms with Gasteiger partial charge in [-0.2, -0.15) is 0 Å². The van der Waals surface area contributed by atoms with E-state index >= 15 is 0 Å². The summed E-state index contributed by atoms with van der Waals surface area (Å²) in [5, 5.41) is 12.4. The van der Waals surface area contributed by atoms with Gasteiger partial charge in [0.15, 0.2) is 0 Å². The molecule has 4 N–H and O–H groups in total. The van der Waals surface area contributed by atoms with Crippen LogP contribution in [-0.2, 0) is 13.9 Å². The van der Waals surface area contributed by atoms with Gasteiger partial charge in [-0.15, -0.1) is 0 Å². The van der Waals surface area contributed by atoms with Gasteiger partial charge < -0.3 is 20.2 Å². The summed E-state index contributed by atoms with van der Waals surface area (Å²) in [6, 6.07) is 5.39. The van der Waals surface area contributed by atoms with Crippen LogP contribution in [0.3, 0.4) is 0 Å². The third-order valence-electron chi connectivity index (χ3n) is 3.83. The quantitative estimate of drug-likeness (QED) is 0.349. The summed E-state index contributed by atoms with van der Waals surface area (Å²) in [4.78, 5) is 30.2. The van der Waals surface area contributed by atoms with E-state index in [1.807, 2.05) is 0 Å². The lowest BCUT2D eigenvalue weighted by molar-refractivity contribution is -0.122. The van der Waals surface area contributed by atoms with Gasteiger partial charge in [0.05, 0.1) is 12.1 Å². The topological polar surface area (TPSA) is 116 Å². The first kappa shape index (κ1) is 21.6. The minimum absolute atomic E-state index is 0.000283. The molecule has 7 nitrogen and oxygen atoms in total. The summed E-state index contributed by atoms with van der Waals surface area (Å²) in [7, 11) is -4.70. The molecular weight excluding hydrogens is 345 g/mol. The van der Waals surface area contributed by atoms with E-state index < -0.39 is 20.0 Å². The Morgan fingerprint density at radius 3 is 2.52 bits per heavy atom. The number of phenolic OH excluding ortho intramolecular Hbond substituents is 1. The maximum absolute atomic E-state index is 12.2. The van der Waals surface area contributed by atoms with Crippen LogP contribution in [-0.4, -0.2) is 26.9 Å². The number of benzene rings is 1. The third kappa shape index (κ3) is 9.02. The average Bonchev–Trinajstić information content (AvgIpc) is 2.50. The van der Waals surface area contributed by atoms with Gasteiger partial charge in [-0.1, -0.05) is 44.7 Å². The van der Waals surface area contributed by atoms with E-state index in [1.165, 1.54) is 19.1 Å². The van der Waals surface area contributed by atoms with E-state index in [-0.39, 0.29) is 11.7 Å². The molecule has 0 aromatic heterocycles. The van der Waals surface area contributed by atoms with Crippen LogP contribution in [0.1, 0.15) is 64.0 Å². The fraction of sp³-hybridized carbons (Fsp3) is 0.588. The van der Waals surface area contributed by atoms with Crippen molar-refractivity contribution in [3.63, 3.8) is 0 Å². The molecule has 0 aliphatic carbocycles. The predicted octanol–water partition coefficient (Wildman–Crippen LogP) is 3.41. The fourth-order valence-electron chi connectivity index (χ4n) is 2.60. The van der Waals surface area contributed by atoms with Crippen molar-refractivity contribution in [2.24, 2.45) is 0 Å². The Balaban J connectivity index is 2.74. The molecule has 1 amide bonds. The van der Waals surface area contributed by atoms with Crippen molar-refractivity contribution in [1.82, 2.24) is 5.32 Å². The first-order valence-electron chi connectivity index (χ1n) is 8.55. The first-order valence-corrected chi connectivity index (χ1v) is 10.1. The Morgan fingerprint density at radius 2 is 1.92 bits per heavy atom. The molecule has 25 heavy (non-hydrogen) atoms. The van der Waals surface area contributed by atoms with Crippen LogP contribution in [0.25, 0.3) is 0 Å². The Morgan fingerprint density at radius 1 is 1.24 bits per heavy atom. The number of phenols is 1. The molecule has 0 saturated heterocycles. The summed E-state index contributed by atoms with van der Waals surface area (Å²) < 4.78 is 15.8. The molecule has 2 atom stereocenters. The van der Waals surface area contributed by atoms with Crippen LogP contribution in [0, 0.1) is 0 Å². The van der Waals surface area contributed by atoms with Crippen molar-refractivity contribution in [3.8, 4) is 5.75 Å². The number of unbranched alkanes of at least 4 members (excludes halogenated alkanes) is 4. The predicted molar refractivity (Wildman–Crippen MR) is 95.0 cm³/mol. The Bertz CT molecular complexity index is 588. The summed E-state index contributed by atoms with van der Waals surface area (Å²) in [6.07, 6.45) is 4.44. The molecule has 1 aromatic rings. The Labute approximate surface area is 148 Å². The highest BCUT2D eigenvalue weighted by atomic mass is 31.2. The van der Waals surface area contributed by atoms with E-state index in [2.05, 4.69) is 12.2 Å². The first-order chi connectivity index (χ1) is 11.7. The Kier molecular flexibility index (Phi) is 9.14. The van der Waals surface area contributed by atoms with Gasteiger partial charge in [-0.25, -0.2) is 4.57 Å².